The molecule has 0 unspecified atom stereocenters. The van der Waals surface area contributed by atoms with Crippen LogP contribution in [0.2, 0.25) is 0 Å². The van der Waals surface area contributed by atoms with Gasteiger partial charge in [0.1, 0.15) is 0 Å². The molecule has 0 atom stereocenters. The number of rotatable bonds is 5. The highest BCUT2D eigenvalue weighted by Crippen LogP contribution is 2.23. The quantitative estimate of drug-likeness (QED) is 0.780. The summed E-state index contributed by atoms with van der Waals surface area (Å²) in [6, 6.07) is 0. The van der Waals surface area contributed by atoms with E-state index in [2.05, 4.69) is 32.6 Å². The van der Waals surface area contributed by atoms with Crippen LogP contribution in [-0.2, 0) is 4.74 Å². The van der Waals surface area contributed by atoms with Crippen molar-refractivity contribution in [3.05, 3.63) is 0 Å². The molecule has 1 aliphatic heterocycles. The van der Waals surface area contributed by atoms with Crippen LogP contribution < -0.4 is 5.73 Å². The van der Waals surface area contributed by atoms with Crippen molar-refractivity contribution in [2.75, 3.05) is 32.8 Å². The molecule has 3 heteroatoms. The Hall–Kier alpha value is -0.120. The molecule has 1 heterocycles. The van der Waals surface area contributed by atoms with Crippen LogP contribution >= 0.6 is 0 Å². The van der Waals surface area contributed by atoms with Crippen molar-refractivity contribution in [2.24, 2.45) is 11.1 Å². The van der Waals surface area contributed by atoms with E-state index in [0.717, 1.165) is 26.3 Å². The molecule has 0 aliphatic carbocycles. The summed E-state index contributed by atoms with van der Waals surface area (Å²) >= 11 is 0. The SMILES string of the molecule is CC(C)(CN)CCCN1CCOCC1(C)C. The highest BCUT2D eigenvalue weighted by molar-refractivity contribution is 4.84. The Labute approximate surface area is 100 Å². The van der Waals surface area contributed by atoms with Crippen LogP contribution in [-0.4, -0.2) is 43.3 Å². The molecule has 16 heavy (non-hydrogen) atoms. The van der Waals surface area contributed by atoms with Gasteiger partial charge in [-0.05, 0) is 45.2 Å². The average Bonchev–Trinajstić information content (AvgIpc) is 2.20. The van der Waals surface area contributed by atoms with Gasteiger partial charge in [0.25, 0.3) is 0 Å². The number of ether oxygens (including phenoxy) is 1. The molecule has 2 N–H and O–H groups in total. The zero-order valence-electron chi connectivity index (χ0n) is 11.4. The molecular weight excluding hydrogens is 200 g/mol. The van der Waals surface area contributed by atoms with Crippen molar-refractivity contribution in [2.45, 2.75) is 46.1 Å². The summed E-state index contributed by atoms with van der Waals surface area (Å²) in [6.45, 7) is 13.8. The molecule has 1 aliphatic rings. The van der Waals surface area contributed by atoms with E-state index >= 15 is 0 Å². The van der Waals surface area contributed by atoms with Gasteiger partial charge in [-0.2, -0.15) is 0 Å². The molecule has 0 saturated carbocycles. The summed E-state index contributed by atoms with van der Waals surface area (Å²) in [5, 5.41) is 0. The summed E-state index contributed by atoms with van der Waals surface area (Å²) < 4.78 is 5.52. The number of hydrogen-bond donors (Lipinski definition) is 1. The Morgan fingerprint density at radius 3 is 2.62 bits per heavy atom. The highest BCUT2D eigenvalue weighted by Gasteiger charge is 2.30. The molecule has 96 valence electrons. The Morgan fingerprint density at radius 1 is 1.38 bits per heavy atom. The van der Waals surface area contributed by atoms with E-state index < -0.39 is 0 Å². The largest absolute Gasteiger partial charge is 0.378 e. The van der Waals surface area contributed by atoms with Crippen molar-refractivity contribution in [3.63, 3.8) is 0 Å². The predicted molar refractivity (Wildman–Crippen MR) is 68.5 cm³/mol. The van der Waals surface area contributed by atoms with E-state index in [9.17, 15) is 0 Å². The van der Waals surface area contributed by atoms with Crippen molar-refractivity contribution < 1.29 is 4.74 Å². The lowest BCUT2D eigenvalue weighted by Crippen LogP contribution is -2.53. The summed E-state index contributed by atoms with van der Waals surface area (Å²) in [5.41, 5.74) is 6.23. The molecule has 0 aromatic rings. The molecule has 0 spiro atoms. The zero-order chi connectivity index (χ0) is 12.2. The fourth-order valence-electron chi connectivity index (χ4n) is 2.16. The molecule has 0 amide bonds. The monoisotopic (exact) mass is 228 g/mol. The van der Waals surface area contributed by atoms with Gasteiger partial charge in [-0.3, -0.25) is 4.90 Å². The van der Waals surface area contributed by atoms with Gasteiger partial charge in [0.2, 0.25) is 0 Å². The maximum absolute atomic E-state index is 5.75. The van der Waals surface area contributed by atoms with E-state index in [-0.39, 0.29) is 11.0 Å². The summed E-state index contributed by atoms with van der Waals surface area (Å²) in [4.78, 5) is 2.54. The molecule has 1 rings (SSSR count). The van der Waals surface area contributed by atoms with Crippen LogP contribution in [0.4, 0.5) is 0 Å². The standard InChI is InChI=1S/C13H28N2O/c1-12(2,10-14)6-5-7-15-8-9-16-11-13(15,3)4/h5-11,14H2,1-4H3. The minimum atomic E-state index is 0.200. The van der Waals surface area contributed by atoms with Gasteiger partial charge in [-0.15, -0.1) is 0 Å². The molecule has 3 nitrogen and oxygen atoms in total. The second-order valence-corrected chi connectivity index (χ2v) is 6.32. The number of hydrogen-bond acceptors (Lipinski definition) is 3. The van der Waals surface area contributed by atoms with Gasteiger partial charge >= 0.3 is 0 Å². The lowest BCUT2D eigenvalue weighted by molar-refractivity contribution is -0.0520. The third-order valence-electron chi connectivity index (χ3n) is 3.65. The average molecular weight is 228 g/mol. The third-order valence-corrected chi connectivity index (χ3v) is 3.65. The normalized spacial score (nSPS) is 22.3. The van der Waals surface area contributed by atoms with Crippen molar-refractivity contribution in [1.82, 2.24) is 4.90 Å². The summed E-state index contributed by atoms with van der Waals surface area (Å²) in [5.74, 6) is 0. The van der Waals surface area contributed by atoms with Crippen molar-refractivity contribution in [1.29, 1.82) is 0 Å². The van der Waals surface area contributed by atoms with Crippen LogP contribution in [0.3, 0.4) is 0 Å². The highest BCUT2D eigenvalue weighted by atomic mass is 16.5. The van der Waals surface area contributed by atoms with Gasteiger partial charge in [0, 0.05) is 12.1 Å². The Kier molecular flexibility index (Phi) is 4.77. The maximum Gasteiger partial charge on any atom is 0.0645 e. The summed E-state index contributed by atoms with van der Waals surface area (Å²) in [6.07, 6.45) is 2.44. The van der Waals surface area contributed by atoms with Crippen LogP contribution in [0.25, 0.3) is 0 Å². The topological polar surface area (TPSA) is 38.5 Å². The minimum Gasteiger partial charge on any atom is -0.378 e. The van der Waals surface area contributed by atoms with Crippen LogP contribution in [0.1, 0.15) is 40.5 Å². The van der Waals surface area contributed by atoms with Gasteiger partial charge in [-0.1, -0.05) is 13.8 Å². The van der Waals surface area contributed by atoms with Crippen LogP contribution in [0.5, 0.6) is 0 Å². The summed E-state index contributed by atoms with van der Waals surface area (Å²) in [7, 11) is 0. The van der Waals surface area contributed by atoms with Crippen molar-refractivity contribution >= 4 is 0 Å². The minimum absolute atomic E-state index is 0.200. The number of morpholine rings is 1. The first-order chi connectivity index (χ1) is 7.37. The molecular formula is C13H28N2O. The van der Waals surface area contributed by atoms with Gasteiger partial charge < -0.3 is 10.5 Å². The predicted octanol–water partition coefficient (Wildman–Crippen LogP) is 1.86. The second-order valence-electron chi connectivity index (χ2n) is 6.32. The number of nitrogens with zero attached hydrogens (tertiary/aromatic N) is 1. The molecule has 0 aromatic carbocycles. The first-order valence-electron chi connectivity index (χ1n) is 6.40. The third kappa shape index (κ3) is 4.04. The first-order valence-corrected chi connectivity index (χ1v) is 6.40. The lowest BCUT2D eigenvalue weighted by Gasteiger charge is -2.42. The Morgan fingerprint density at radius 2 is 2.06 bits per heavy atom. The Bertz CT molecular complexity index is 214. The van der Waals surface area contributed by atoms with Crippen molar-refractivity contribution in [3.8, 4) is 0 Å². The van der Waals surface area contributed by atoms with E-state index in [1.807, 2.05) is 0 Å². The first kappa shape index (κ1) is 13.9. The van der Waals surface area contributed by atoms with Gasteiger partial charge in [0.05, 0.1) is 13.2 Å². The van der Waals surface area contributed by atoms with Crippen LogP contribution in [0, 0.1) is 5.41 Å². The van der Waals surface area contributed by atoms with Gasteiger partial charge in [-0.25, -0.2) is 0 Å². The van der Waals surface area contributed by atoms with E-state index in [4.69, 9.17) is 10.5 Å². The molecule has 0 radical (unpaired) electrons. The fraction of sp³-hybridized carbons (Fsp3) is 1.00. The van der Waals surface area contributed by atoms with Crippen LogP contribution in [0.15, 0.2) is 0 Å². The van der Waals surface area contributed by atoms with E-state index in [1.54, 1.807) is 0 Å². The molecule has 1 fully saturated rings. The van der Waals surface area contributed by atoms with E-state index in [0.29, 0.717) is 0 Å². The smallest absolute Gasteiger partial charge is 0.0645 e. The molecule has 0 bridgehead atoms. The molecule has 1 saturated heterocycles. The van der Waals surface area contributed by atoms with Gasteiger partial charge in [0.15, 0.2) is 0 Å². The second kappa shape index (κ2) is 5.48. The molecule has 0 aromatic heterocycles. The zero-order valence-corrected chi connectivity index (χ0v) is 11.4. The van der Waals surface area contributed by atoms with E-state index in [1.165, 1.54) is 19.4 Å². The Balaban J connectivity index is 2.31. The fourth-order valence-corrected chi connectivity index (χ4v) is 2.16. The number of nitrogens with two attached hydrogens (primary N) is 1. The maximum atomic E-state index is 5.75. The lowest BCUT2D eigenvalue weighted by atomic mass is 9.87.